The van der Waals surface area contributed by atoms with Gasteiger partial charge in [-0.3, -0.25) is 9.59 Å². The summed E-state index contributed by atoms with van der Waals surface area (Å²) in [6.07, 6.45) is 1.96. The Balaban J connectivity index is 1.89. The zero-order valence-electron chi connectivity index (χ0n) is 10.5. The van der Waals surface area contributed by atoms with Gasteiger partial charge in [-0.15, -0.1) is 0 Å². The van der Waals surface area contributed by atoms with E-state index in [4.69, 9.17) is 4.74 Å². The first kappa shape index (κ1) is 13.3. The van der Waals surface area contributed by atoms with E-state index in [0.29, 0.717) is 5.75 Å². The number of ether oxygens (including phenoxy) is 1. The smallest absolute Gasteiger partial charge is 0.254 e. The molecule has 102 valence electrons. The highest BCUT2D eigenvalue weighted by Crippen LogP contribution is 2.18. The van der Waals surface area contributed by atoms with Crippen molar-refractivity contribution in [3.05, 3.63) is 29.6 Å². The van der Waals surface area contributed by atoms with Gasteiger partial charge < -0.3 is 15.4 Å². The Morgan fingerprint density at radius 3 is 2.74 bits per heavy atom. The van der Waals surface area contributed by atoms with Gasteiger partial charge in [-0.1, -0.05) is 0 Å². The number of methoxy groups -OCH3 is 1. The van der Waals surface area contributed by atoms with E-state index in [-0.39, 0.29) is 24.1 Å². The fourth-order valence-corrected chi connectivity index (χ4v) is 1.57. The minimum absolute atomic E-state index is 0.111. The topological polar surface area (TPSA) is 67.4 Å². The van der Waals surface area contributed by atoms with Gasteiger partial charge in [0.2, 0.25) is 5.91 Å². The normalized spacial score (nSPS) is 13.8. The molecule has 0 aliphatic heterocycles. The fraction of sp³-hybridized carbons (Fsp3) is 0.385. The number of rotatable bonds is 5. The molecule has 6 heteroatoms. The van der Waals surface area contributed by atoms with Crippen LogP contribution in [0.25, 0.3) is 0 Å². The van der Waals surface area contributed by atoms with Crippen LogP contribution < -0.4 is 15.4 Å². The van der Waals surface area contributed by atoms with Crippen molar-refractivity contribution in [2.75, 3.05) is 13.7 Å². The van der Waals surface area contributed by atoms with Gasteiger partial charge in [-0.05, 0) is 25.0 Å². The van der Waals surface area contributed by atoms with Crippen LogP contribution in [-0.2, 0) is 4.79 Å². The summed E-state index contributed by atoms with van der Waals surface area (Å²) in [5, 5.41) is 5.10. The molecule has 0 bridgehead atoms. The predicted octanol–water partition coefficient (Wildman–Crippen LogP) is 0.843. The van der Waals surface area contributed by atoms with Crippen LogP contribution in [0, 0.1) is 5.82 Å². The van der Waals surface area contributed by atoms with E-state index in [1.165, 1.54) is 19.2 Å². The summed E-state index contributed by atoms with van der Waals surface area (Å²) >= 11 is 0. The molecule has 19 heavy (non-hydrogen) atoms. The van der Waals surface area contributed by atoms with Gasteiger partial charge in [-0.25, -0.2) is 4.39 Å². The first-order valence-electron chi connectivity index (χ1n) is 6.01. The van der Waals surface area contributed by atoms with Crippen molar-refractivity contribution >= 4 is 11.8 Å². The third kappa shape index (κ3) is 3.67. The van der Waals surface area contributed by atoms with Crippen LogP contribution in [0.3, 0.4) is 0 Å². The highest BCUT2D eigenvalue weighted by Gasteiger charge is 2.23. The largest absolute Gasteiger partial charge is 0.497 e. The van der Waals surface area contributed by atoms with Crippen LogP contribution in [0.1, 0.15) is 23.2 Å². The van der Waals surface area contributed by atoms with E-state index in [9.17, 15) is 14.0 Å². The minimum atomic E-state index is -0.681. The summed E-state index contributed by atoms with van der Waals surface area (Å²) in [5.74, 6) is -1.23. The molecule has 0 radical (unpaired) electrons. The molecule has 0 aromatic heterocycles. The number of hydrogen-bond donors (Lipinski definition) is 2. The van der Waals surface area contributed by atoms with E-state index in [2.05, 4.69) is 10.6 Å². The molecule has 0 heterocycles. The molecule has 2 N–H and O–H groups in total. The molecule has 1 aliphatic carbocycles. The van der Waals surface area contributed by atoms with E-state index < -0.39 is 11.7 Å². The predicted molar refractivity (Wildman–Crippen MR) is 66.4 cm³/mol. The SMILES string of the molecule is COc1ccc(C(=O)NCC(=O)NC2CC2)c(F)c1. The molecule has 0 atom stereocenters. The number of halogens is 1. The van der Waals surface area contributed by atoms with Gasteiger partial charge in [0.05, 0.1) is 19.2 Å². The van der Waals surface area contributed by atoms with Crippen LogP contribution >= 0.6 is 0 Å². The molecule has 2 rings (SSSR count). The van der Waals surface area contributed by atoms with Crippen LogP contribution in [-0.4, -0.2) is 31.5 Å². The second kappa shape index (κ2) is 5.69. The average molecular weight is 266 g/mol. The van der Waals surface area contributed by atoms with Crippen LogP contribution in [0.5, 0.6) is 5.75 Å². The summed E-state index contributed by atoms with van der Waals surface area (Å²) in [5.41, 5.74) is -0.111. The summed E-state index contributed by atoms with van der Waals surface area (Å²) in [4.78, 5) is 23.1. The van der Waals surface area contributed by atoms with Gasteiger partial charge in [0, 0.05) is 12.1 Å². The van der Waals surface area contributed by atoms with Gasteiger partial charge in [0.1, 0.15) is 11.6 Å². The Bertz CT molecular complexity index is 501. The molecule has 2 amide bonds. The lowest BCUT2D eigenvalue weighted by Gasteiger charge is -2.07. The van der Waals surface area contributed by atoms with Crippen molar-refractivity contribution in [1.82, 2.24) is 10.6 Å². The molecule has 5 nitrogen and oxygen atoms in total. The lowest BCUT2D eigenvalue weighted by atomic mass is 10.2. The maximum atomic E-state index is 13.6. The van der Waals surface area contributed by atoms with Crippen molar-refractivity contribution in [3.8, 4) is 5.75 Å². The molecular formula is C13H15FN2O3. The van der Waals surface area contributed by atoms with Gasteiger partial charge in [0.15, 0.2) is 0 Å². The van der Waals surface area contributed by atoms with Crippen LogP contribution in [0.15, 0.2) is 18.2 Å². The van der Waals surface area contributed by atoms with Crippen molar-refractivity contribution in [2.45, 2.75) is 18.9 Å². The number of nitrogens with one attached hydrogen (secondary N) is 2. The Morgan fingerprint density at radius 1 is 1.42 bits per heavy atom. The second-order valence-electron chi connectivity index (χ2n) is 4.37. The van der Waals surface area contributed by atoms with Crippen molar-refractivity contribution in [1.29, 1.82) is 0 Å². The maximum Gasteiger partial charge on any atom is 0.254 e. The van der Waals surface area contributed by atoms with Crippen LogP contribution in [0.4, 0.5) is 4.39 Å². The summed E-state index contributed by atoms with van der Waals surface area (Å²) in [6, 6.07) is 4.17. The van der Waals surface area contributed by atoms with Crippen molar-refractivity contribution < 1.29 is 18.7 Å². The molecule has 1 fully saturated rings. The third-order valence-corrected chi connectivity index (χ3v) is 2.77. The molecule has 0 unspecified atom stereocenters. The van der Waals surface area contributed by atoms with Gasteiger partial charge in [0.25, 0.3) is 5.91 Å². The Morgan fingerprint density at radius 2 is 2.16 bits per heavy atom. The van der Waals surface area contributed by atoms with Crippen LogP contribution in [0.2, 0.25) is 0 Å². The Labute approximate surface area is 110 Å². The molecule has 1 aromatic rings. The average Bonchev–Trinajstić information content (AvgIpc) is 3.19. The summed E-state index contributed by atoms with van der Waals surface area (Å²) < 4.78 is 18.4. The minimum Gasteiger partial charge on any atom is -0.497 e. The van der Waals surface area contributed by atoms with Gasteiger partial charge in [-0.2, -0.15) is 0 Å². The number of amides is 2. The van der Waals surface area contributed by atoms with Gasteiger partial charge >= 0.3 is 0 Å². The zero-order valence-corrected chi connectivity index (χ0v) is 10.5. The lowest BCUT2D eigenvalue weighted by Crippen LogP contribution is -2.38. The Kier molecular flexibility index (Phi) is 3.99. The highest BCUT2D eigenvalue weighted by atomic mass is 19.1. The van der Waals surface area contributed by atoms with E-state index in [0.717, 1.165) is 18.9 Å². The first-order valence-corrected chi connectivity index (χ1v) is 6.01. The lowest BCUT2D eigenvalue weighted by molar-refractivity contribution is -0.120. The number of hydrogen-bond acceptors (Lipinski definition) is 3. The molecule has 1 aliphatic rings. The molecule has 0 spiro atoms. The number of benzene rings is 1. The first-order chi connectivity index (χ1) is 9.10. The van der Waals surface area contributed by atoms with E-state index in [1.54, 1.807) is 0 Å². The van der Waals surface area contributed by atoms with Crippen molar-refractivity contribution in [3.63, 3.8) is 0 Å². The second-order valence-corrected chi connectivity index (χ2v) is 4.37. The zero-order chi connectivity index (χ0) is 13.8. The molecule has 1 saturated carbocycles. The standard InChI is InChI=1S/C13H15FN2O3/c1-19-9-4-5-10(11(14)6-9)13(18)15-7-12(17)16-8-2-3-8/h4-6,8H,2-3,7H2,1H3,(H,15,18)(H,16,17). The third-order valence-electron chi connectivity index (χ3n) is 2.77. The maximum absolute atomic E-state index is 13.6. The monoisotopic (exact) mass is 266 g/mol. The molecular weight excluding hydrogens is 251 g/mol. The fourth-order valence-electron chi connectivity index (χ4n) is 1.57. The highest BCUT2D eigenvalue weighted by molar-refractivity contribution is 5.96. The summed E-state index contributed by atoms with van der Waals surface area (Å²) in [7, 11) is 1.41. The number of carbonyl (C=O) groups is 2. The molecule has 1 aromatic carbocycles. The quantitative estimate of drug-likeness (QED) is 0.830. The van der Waals surface area contributed by atoms with E-state index in [1.807, 2.05) is 0 Å². The number of carbonyl (C=O) groups excluding carboxylic acids is 2. The van der Waals surface area contributed by atoms with E-state index >= 15 is 0 Å². The molecule has 0 saturated heterocycles. The van der Waals surface area contributed by atoms with Crippen molar-refractivity contribution in [2.24, 2.45) is 0 Å². The Hall–Kier alpha value is -2.11. The summed E-state index contributed by atoms with van der Waals surface area (Å²) in [6.45, 7) is -0.152.